The molecular formula is C19H29Cl2N5O. The van der Waals surface area contributed by atoms with Gasteiger partial charge in [-0.25, -0.2) is 9.97 Å². The maximum absolute atomic E-state index is 5.48. The van der Waals surface area contributed by atoms with E-state index in [4.69, 9.17) is 4.74 Å². The van der Waals surface area contributed by atoms with Crippen molar-refractivity contribution in [3.63, 3.8) is 0 Å². The Bertz CT molecular complexity index is 681. The maximum atomic E-state index is 5.48. The first-order chi connectivity index (χ1) is 12.3. The van der Waals surface area contributed by atoms with Crippen LogP contribution in [0.5, 0.6) is 5.75 Å². The molecule has 1 saturated heterocycles. The van der Waals surface area contributed by atoms with Crippen LogP contribution in [0.3, 0.4) is 0 Å². The molecule has 0 spiro atoms. The van der Waals surface area contributed by atoms with Crippen LogP contribution < -0.4 is 15.0 Å². The molecular weight excluding hydrogens is 385 g/mol. The number of aromatic nitrogens is 2. The zero-order valence-corrected chi connectivity index (χ0v) is 17.6. The summed E-state index contributed by atoms with van der Waals surface area (Å²) in [5, 5.41) is 3.42. The number of para-hydroxylation sites is 2. The van der Waals surface area contributed by atoms with Crippen molar-refractivity contribution < 1.29 is 4.74 Å². The molecule has 1 aliphatic rings. The fourth-order valence-corrected chi connectivity index (χ4v) is 3.07. The van der Waals surface area contributed by atoms with Gasteiger partial charge in [0.15, 0.2) is 0 Å². The Hall–Kier alpha value is -1.76. The molecule has 0 amide bonds. The van der Waals surface area contributed by atoms with Crippen LogP contribution in [0, 0.1) is 0 Å². The van der Waals surface area contributed by atoms with Gasteiger partial charge in [0.25, 0.3) is 0 Å². The normalized spacial score (nSPS) is 14.1. The molecule has 6 nitrogen and oxygen atoms in total. The molecule has 150 valence electrons. The van der Waals surface area contributed by atoms with Gasteiger partial charge < -0.3 is 15.0 Å². The first-order valence-electron chi connectivity index (χ1n) is 8.96. The second-order valence-electron chi connectivity index (χ2n) is 6.22. The molecule has 8 heteroatoms. The summed E-state index contributed by atoms with van der Waals surface area (Å²) in [6.07, 6.45) is 3.82. The molecule has 0 bridgehead atoms. The highest BCUT2D eigenvalue weighted by molar-refractivity contribution is 5.85. The number of anilines is 2. The number of piperazine rings is 1. The van der Waals surface area contributed by atoms with Crippen molar-refractivity contribution in [3.8, 4) is 5.75 Å². The lowest BCUT2D eigenvalue weighted by molar-refractivity contribution is 0.273. The molecule has 2 heterocycles. The first-order valence-corrected chi connectivity index (χ1v) is 8.96. The Morgan fingerprint density at radius 2 is 1.81 bits per heavy atom. The predicted molar refractivity (Wildman–Crippen MR) is 116 cm³/mol. The number of halogens is 2. The molecule has 0 unspecified atom stereocenters. The molecule has 1 aromatic carbocycles. The van der Waals surface area contributed by atoms with E-state index in [2.05, 4.69) is 44.1 Å². The Morgan fingerprint density at radius 3 is 2.52 bits per heavy atom. The number of hydrogen-bond acceptors (Lipinski definition) is 6. The highest BCUT2D eigenvalue weighted by atomic mass is 35.5. The number of benzene rings is 1. The predicted octanol–water partition coefficient (Wildman–Crippen LogP) is 3.47. The minimum atomic E-state index is 0. The summed E-state index contributed by atoms with van der Waals surface area (Å²) in [5.74, 6) is 2.76. The van der Waals surface area contributed by atoms with E-state index >= 15 is 0 Å². The third kappa shape index (κ3) is 6.41. The van der Waals surface area contributed by atoms with E-state index in [1.165, 1.54) is 5.69 Å². The molecule has 3 rings (SSSR count). The third-order valence-electron chi connectivity index (χ3n) is 4.46. The van der Waals surface area contributed by atoms with E-state index < -0.39 is 0 Å². The molecule has 1 N–H and O–H groups in total. The number of rotatable bonds is 7. The van der Waals surface area contributed by atoms with Gasteiger partial charge in [0.05, 0.1) is 19.5 Å². The largest absolute Gasteiger partial charge is 0.495 e. The molecule has 0 aliphatic carbocycles. The van der Waals surface area contributed by atoms with Gasteiger partial charge in [-0.2, -0.15) is 0 Å². The number of methoxy groups -OCH3 is 1. The fourth-order valence-electron chi connectivity index (χ4n) is 3.07. The monoisotopic (exact) mass is 413 g/mol. The first kappa shape index (κ1) is 23.3. The minimum Gasteiger partial charge on any atom is -0.495 e. The zero-order chi connectivity index (χ0) is 17.5. The molecule has 1 fully saturated rings. The van der Waals surface area contributed by atoms with Crippen molar-refractivity contribution in [3.05, 3.63) is 42.4 Å². The summed E-state index contributed by atoms with van der Waals surface area (Å²) >= 11 is 0. The zero-order valence-electron chi connectivity index (χ0n) is 15.9. The lowest BCUT2D eigenvalue weighted by Crippen LogP contribution is -2.48. The van der Waals surface area contributed by atoms with Crippen molar-refractivity contribution in [2.75, 3.05) is 50.2 Å². The number of nitrogens with one attached hydrogen (secondary N) is 1. The van der Waals surface area contributed by atoms with Crippen LogP contribution in [0.2, 0.25) is 0 Å². The fraction of sp³-hybridized carbons (Fsp3) is 0.474. The van der Waals surface area contributed by atoms with Crippen LogP contribution >= 0.6 is 24.8 Å². The van der Waals surface area contributed by atoms with Gasteiger partial charge in [-0.1, -0.05) is 19.1 Å². The van der Waals surface area contributed by atoms with Crippen LogP contribution in [-0.4, -0.2) is 54.8 Å². The number of aryl methyl sites for hydroxylation is 1. The third-order valence-corrected chi connectivity index (χ3v) is 4.46. The summed E-state index contributed by atoms with van der Waals surface area (Å²) in [6, 6.07) is 10.2. The summed E-state index contributed by atoms with van der Waals surface area (Å²) < 4.78 is 5.48. The van der Waals surface area contributed by atoms with Gasteiger partial charge in [-0.05, 0) is 24.6 Å². The van der Waals surface area contributed by atoms with Crippen molar-refractivity contribution in [2.24, 2.45) is 0 Å². The Morgan fingerprint density at radius 1 is 1.07 bits per heavy atom. The van der Waals surface area contributed by atoms with Gasteiger partial charge >= 0.3 is 0 Å². The Kier molecular flexibility index (Phi) is 10.2. The maximum Gasteiger partial charge on any atom is 0.142 e. The van der Waals surface area contributed by atoms with E-state index in [0.29, 0.717) is 0 Å². The van der Waals surface area contributed by atoms with Gasteiger partial charge in [-0.15, -0.1) is 24.8 Å². The molecule has 1 aromatic heterocycles. The lowest BCUT2D eigenvalue weighted by Gasteiger charge is -2.36. The Labute approximate surface area is 174 Å². The molecule has 27 heavy (non-hydrogen) atoms. The van der Waals surface area contributed by atoms with E-state index in [1.54, 1.807) is 7.11 Å². The Balaban J connectivity index is 0.00000182. The second kappa shape index (κ2) is 11.8. The van der Waals surface area contributed by atoms with Crippen molar-refractivity contribution in [1.29, 1.82) is 0 Å². The van der Waals surface area contributed by atoms with E-state index in [-0.39, 0.29) is 24.8 Å². The molecule has 0 saturated carbocycles. The van der Waals surface area contributed by atoms with Crippen molar-refractivity contribution in [2.45, 2.75) is 19.8 Å². The molecule has 0 radical (unpaired) electrons. The van der Waals surface area contributed by atoms with E-state index in [1.807, 2.05) is 24.4 Å². The quantitative estimate of drug-likeness (QED) is 0.749. The van der Waals surface area contributed by atoms with Crippen LogP contribution in [0.1, 0.15) is 19.2 Å². The standard InChI is InChI=1S/C19H27N5O.2ClH/c1-3-6-18-20-10-9-19(22-18)21-15-23-11-13-24(14-12-23)16-7-4-5-8-17(16)25-2;;/h4-5,7-10H,3,6,11-15H2,1-2H3,(H,20,21,22);2*1H. The average Bonchev–Trinajstić information content (AvgIpc) is 2.67. The van der Waals surface area contributed by atoms with Crippen molar-refractivity contribution in [1.82, 2.24) is 14.9 Å². The SMILES string of the molecule is CCCc1nccc(NCN2CCN(c3ccccc3OC)CC2)n1.Cl.Cl. The van der Waals surface area contributed by atoms with Crippen LogP contribution in [0.4, 0.5) is 11.5 Å². The molecule has 0 atom stereocenters. The second-order valence-corrected chi connectivity index (χ2v) is 6.22. The van der Waals surface area contributed by atoms with E-state index in [0.717, 1.165) is 63.1 Å². The summed E-state index contributed by atoms with van der Waals surface area (Å²) in [6.45, 7) is 6.96. The van der Waals surface area contributed by atoms with Gasteiger partial charge in [0.2, 0.25) is 0 Å². The van der Waals surface area contributed by atoms with Crippen LogP contribution in [0.15, 0.2) is 36.5 Å². The molecule has 1 aliphatic heterocycles. The van der Waals surface area contributed by atoms with Gasteiger partial charge in [0.1, 0.15) is 17.4 Å². The van der Waals surface area contributed by atoms with Crippen molar-refractivity contribution >= 4 is 36.3 Å². The van der Waals surface area contributed by atoms with Gasteiger partial charge in [0, 0.05) is 38.8 Å². The summed E-state index contributed by atoms with van der Waals surface area (Å²) in [5.41, 5.74) is 1.18. The number of hydrogen-bond donors (Lipinski definition) is 1. The topological polar surface area (TPSA) is 53.5 Å². The number of ether oxygens (including phenoxy) is 1. The highest BCUT2D eigenvalue weighted by Gasteiger charge is 2.19. The lowest BCUT2D eigenvalue weighted by atomic mass is 10.2. The van der Waals surface area contributed by atoms with E-state index in [9.17, 15) is 0 Å². The minimum absolute atomic E-state index is 0. The van der Waals surface area contributed by atoms with Crippen LogP contribution in [0.25, 0.3) is 0 Å². The summed E-state index contributed by atoms with van der Waals surface area (Å²) in [4.78, 5) is 13.7. The number of nitrogens with zero attached hydrogens (tertiary/aromatic N) is 4. The van der Waals surface area contributed by atoms with Gasteiger partial charge in [-0.3, -0.25) is 4.90 Å². The van der Waals surface area contributed by atoms with Crippen LogP contribution in [-0.2, 0) is 6.42 Å². The molecule has 2 aromatic rings. The smallest absolute Gasteiger partial charge is 0.142 e. The average molecular weight is 414 g/mol. The highest BCUT2D eigenvalue weighted by Crippen LogP contribution is 2.28. The summed E-state index contributed by atoms with van der Waals surface area (Å²) in [7, 11) is 1.73.